The van der Waals surface area contributed by atoms with E-state index in [4.69, 9.17) is 5.84 Å². The Hall–Kier alpha value is -0.0000000000000000555. The summed E-state index contributed by atoms with van der Waals surface area (Å²) in [4.78, 5) is 0. The molecule has 1 rings (SSSR count). The van der Waals surface area contributed by atoms with E-state index in [0.717, 1.165) is 5.69 Å². The number of hydrogen-bond donors (Lipinski definition) is 2. The number of hydrazine groups is 1. The zero-order chi connectivity index (χ0) is 7.56. The van der Waals surface area contributed by atoms with Crippen LogP contribution >= 0.6 is 35.0 Å². The fourth-order valence-electron chi connectivity index (χ4n) is 0.683. The Morgan fingerprint density at radius 1 is 1.45 bits per heavy atom. The molecule has 1 aromatic rings. The molecule has 2 nitrogen and oxygen atoms in total. The molecule has 0 aliphatic carbocycles. The van der Waals surface area contributed by atoms with E-state index in [2.05, 4.69) is 34.9 Å². The van der Waals surface area contributed by atoms with Crippen LogP contribution in [0.15, 0.2) is 18.2 Å². The number of nitrogen functional groups attached to an aromatic ring is 1. The largest absolute Gasteiger partial charge is 0.324 e. The summed E-state index contributed by atoms with van der Waals surface area (Å²) in [6.07, 6.45) is 0. The minimum Gasteiger partial charge on any atom is -0.324 e. The molecule has 0 bridgehead atoms. The summed E-state index contributed by atoms with van der Waals surface area (Å²) in [5.41, 5.74) is 4.82. The molecule has 0 fully saturated rings. The fourth-order valence-corrected chi connectivity index (χ4v) is 1.20. The summed E-state index contributed by atoms with van der Waals surface area (Å²) in [5.74, 6) is 5.22. The van der Waals surface area contributed by atoms with Gasteiger partial charge in [-0.05, 0) is 47.2 Å². The highest BCUT2D eigenvalue weighted by Gasteiger charge is 1.93. The maximum Gasteiger partial charge on any atom is 0.0495 e. The molecule has 62 valence electrons. The number of hydrogen-bond acceptors (Lipinski definition) is 2. The van der Waals surface area contributed by atoms with E-state index in [9.17, 15) is 0 Å². The van der Waals surface area contributed by atoms with Gasteiger partial charge in [0.15, 0.2) is 0 Å². The van der Waals surface area contributed by atoms with E-state index >= 15 is 0 Å². The molecular weight excluding hydrogens is 274 g/mol. The minimum absolute atomic E-state index is 0. The average molecular weight is 285 g/mol. The van der Waals surface area contributed by atoms with E-state index in [0.29, 0.717) is 0 Å². The molecule has 3 N–H and O–H groups in total. The van der Waals surface area contributed by atoms with E-state index < -0.39 is 0 Å². The van der Waals surface area contributed by atoms with Crippen molar-refractivity contribution >= 4 is 40.7 Å². The van der Waals surface area contributed by atoms with Gasteiger partial charge in [0.2, 0.25) is 0 Å². The Kier molecular flexibility index (Phi) is 4.79. The number of nitrogens with one attached hydrogen (secondary N) is 1. The molecule has 0 aliphatic rings. The predicted octanol–water partition coefficient (Wildman–Crippen LogP) is 2.31. The van der Waals surface area contributed by atoms with Crippen molar-refractivity contribution in [3.8, 4) is 0 Å². The van der Waals surface area contributed by atoms with Crippen LogP contribution in [-0.2, 0) is 0 Å². The smallest absolute Gasteiger partial charge is 0.0495 e. The summed E-state index contributed by atoms with van der Waals surface area (Å²) < 4.78 is 1.23. The molecule has 0 atom stereocenters. The zero-order valence-corrected chi connectivity index (χ0v) is 9.07. The number of nitrogens with two attached hydrogens (primary N) is 1. The molecule has 0 unspecified atom stereocenters. The third kappa shape index (κ3) is 2.84. The van der Waals surface area contributed by atoms with Gasteiger partial charge in [0.05, 0.1) is 0 Å². The third-order valence-corrected chi connectivity index (χ3v) is 2.50. The summed E-state index contributed by atoms with van der Waals surface area (Å²) >= 11 is 2.28. The quantitative estimate of drug-likeness (QED) is 0.472. The molecule has 4 heteroatoms. The predicted molar refractivity (Wildman–Crippen MR) is 59.0 cm³/mol. The van der Waals surface area contributed by atoms with Crippen molar-refractivity contribution in [2.75, 3.05) is 5.43 Å². The lowest BCUT2D eigenvalue weighted by Crippen LogP contribution is -2.06. The molecule has 1 aromatic carbocycles. The number of aryl methyl sites for hydroxylation is 1. The van der Waals surface area contributed by atoms with E-state index in [1.54, 1.807) is 0 Å². The first-order valence-electron chi connectivity index (χ1n) is 2.97. The summed E-state index contributed by atoms with van der Waals surface area (Å²) in [5, 5.41) is 0. The maximum absolute atomic E-state index is 5.22. The topological polar surface area (TPSA) is 38.0 Å². The van der Waals surface area contributed by atoms with E-state index in [1.807, 2.05) is 18.2 Å². The van der Waals surface area contributed by atoms with Crippen molar-refractivity contribution in [2.45, 2.75) is 6.92 Å². The van der Waals surface area contributed by atoms with Crippen LogP contribution in [0.3, 0.4) is 0 Å². The summed E-state index contributed by atoms with van der Waals surface area (Å²) in [6, 6.07) is 6.00. The van der Waals surface area contributed by atoms with Gasteiger partial charge in [-0.1, -0.05) is 6.07 Å². The van der Waals surface area contributed by atoms with Crippen molar-refractivity contribution in [1.29, 1.82) is 0 Å². The molecule has 0 heterocycles. The second kappa shape index (κ2) is 4.79. The van der Waals surface area contributed by atoms with Gasteiger partial charge in [0, 0.05) is 9.26 Å². The summed E-state index contributed by atoms with van der Waals surface area (Å²) in [6.45, 7) is 2.07. The van der Waals surface area contributed by atoms with Gasteiger partial charge in [-0.15, -0.1) is 12.4 Å². The van der Waals surface area contributed by atoms with Gasteiger partial charge in [0.1, 0.15) is 0 Å². The Morgan fingerprint density at radius 3 is 2.55 bits per heavy atom. The average Bonchev–Trinajstić information content (AvgIpc) is 1.95. The first kappa shape index (κ1) is 11.0. The number of rotatable bonds is 1. The lowest BCUT2D eigenvalue weighted by Gasteiger charge is -2.01. The second-order valence-corrected chi connectivity index (χ2v) is 3.27. The number of benzene rings is 1. The molecule has 0 saturated carbocycles. The van der Waals surface area contributed by atoms with Crippen LogP contribution < -0.4 is 11.3 Å². The monoisotopic (exact) mass is 284 g/mol. The maximum atomic E-state index is 5.22. The molecule has 0 spiro atoms. The SMILES string of the molecule is Cc1ccc(NN)cc1I.Cl. The normalized spacial score (nSPS) is 8.64. The lowest BCUT2D eigenvalue weighted by atomic mass is 10.2. The highest BCUT2D eigenvalue weighted by molar-refractivity contribution is 14.1. The van der Waals surface area contributed by atoms with Gasteiger partial charge in [0.25, 0.3) is 0 Å². The van der Waals surface area contributed by atoms with Crippen molar-refractivity contribution in [3.05, 3.63) is 27.3 Å². The van der Waals surface area contributed by atoms with Gasteiger partial charge in [-0.25, -0.2) is 0 Å². The standard InChI is InChI=1S/C7H9IN2.ClH/c1-5-2-3-6(10-9)4-7(5)8;/h2-4,10H,9H2,1H3;1H. The highest BCUT2D eigenvalue weighted by Crippen LogP contribution is 2.15. The molecule has 0 saturated heterocycles. The van der Waals surface area contributed by atoms with Crippen molar-refractivity contribution in [1.82, 2.24) is 0 Å². The lowest BCUT2D eigenvalue weighted by molar-refractivity contribution is 1.33. The van der Waals surface area contributed by atoms with E-state index in [1.165, 1.54) is 9.13 Å². The Labute approximate surface area is 86.1 Å². The molecule has 0 aromatic heterocycles. The van der Waals surface area contributed by atoms with Crippen LogP contribution in [0.4, 0.5) is 5.69 Å². The fraction of sp³-hybridized carbons (Fsp3) is 0.143. The van der Waals surface area contributed by atoms with Crippen molar-refractivity contribution in [3.63, 3.8) is 0 Å². The zero-order valence-electron chi connectivity index (χ0n) is 6.10. The highest BCUT2D eigenvalue weighted by atomic mass is 127. The Balaban J connectivity index is 0.000001000. The molecule has 0 amide bonds. The van der Waals surface area contributed by atoms with Gasteiger partial charge >= 0.3 is 0 Å². The van der Waals surface area contributed by atoms with Crippen LogP contribution in [0.25, 0.3) is 0 Å². The van der Waals surface area contributed by atoms with Crippen molar-refractivity contribution in [2.24, 2.45) is 5.84 Å². The molecular formula is C7H10ClIN2. The van der Waals surface area contributed by atoms with Gasteiger partial charge in [-0.2, -0.15) is 0 Å². The molecule has 11 heavy (non-hydrogen) atoms. The number of anilines is 1. The minimum atomic E-state index is 0. The first-order chi connectivity index (χ1) is 4.74. The first-order valence-corrected chi connectivity index (χ1v) is 4.04. The van der Waals surface area contributed by atoms with Crippen LogP contribution in [0.5, 0.6) is 0 Å². The second-order valence-electron chi connectivity index (χ2n) is 2.11. The summed E-state index contributed by atoms with van der Waals surface area (Å²) in [7, 11) is 0. The number of halogens is 2. The van der Waals surface area contributed by atoms with Crippen LogP contribution in [-0.4, -0.2) is 0 Å². The van der Waals surface area contributed by atoms with E-state index in [-0.39, 0.29) is 12.4 Å². The van der Waals surface area contributed by atoms with Gasteiger partial charge < -0.3 is 5.43 Å². The van der Waals surface area contributed by atoms with Crippen molar-refractivity contribution < 1.29 is 0 Å². The van der Waals surface area contributed by atoms with Crippen LogP contribution in [0, 0.1) is 10.5 Å². The van der Waals surface area contributed by atoms with Gasteiger partial charge in [-0.3, -0.25) is 5.84 Å². The molecule has 0 radical (unpaired) electrons. The van der Waals surface area contributed by atoms with Crippen LogP contribution in [0.2, 0.25) is 0 Å². The van der Waals surface area contributed by atoms with Crippen LogP contribution in [0.1, 0.15) is 5.56 Å². The Bertz CT molecular complexity index is 240. The third-order valence-electron chi connectivity index (χ3n) is 1.34. The molecule has 0 aliphatic heterocycles. The Morgan fingerprint density at radius 2 is 2.09 bits per heavy atom.